The normalized spacial score (nSPS) is 13.7. The fourth-order valence-electron chi connectivity index (χ4n) is 5.55. The minimum Gasteiger partial charge on any atom is -0.494 e. The third-order valence-electron chi connectivity index (χ3n) is 7.98. The molecule has 2 N–H and O–H groups in total. The van der Waals surface area contributed by atoms with E-state index in [1.807, 2.05) is 45.2 Å². The first-order valence-corrected chi connectivity index (χ1v) is 14.5. The molecule has 11 nitrogen and oxygen atoms in total. The topological polar surface area (TPSA) is 119 Å². The number of hydrogen-bond donors (Lipinski definition) is 2. The van der Waals surface area contributed by atoms with Crippen LogP contribution in [0.4, 0.5) is 15.9 Å². The third-order valence-corrected chi connectivity index (χ3v) is 7.98. The number of anilines is 2. The predicted molar refractivity (Wildman–Crippen MR) is 163 cm³/mol. The molecule has 1 aliphatic heterocycles. The van der Waals surface area contributed by atoms with Crippen LogP contribution in [0.2, 0.25) is 0 Å². The van der Waals surface area contributed by atoms with Crippen molar-refractivity contribution in [1.29, 1.82) is 0 Å². The molecule has 5 aromatic rings. The Morgan fingerprint density at radius 2 is 1.91 bits per heavy atom. The molecule has 1 aliphatic rings. The lowest BCUT2D eigenvalue weighted by atomic mass is 9.95. The minimum atomic E-state index is -0.454. The lowest BCUT2D eigenvalue weighted by Gasteiger charge is -2.31. The van der Waals surface area contributed by atoms with Crippen molar-refractivity contribution in [3.63, 3.8) is 0 Å². The number of aryl methyl sites for hydroxylation is 1. The highest BCUT2D eigenvalue weighted by molar-refractivity contribution is 5.96. The molecule has 0 aliphatic carbocycles. The standard InChI is InChI=1S/C32H33FN8O3/c1-21-17-24(38-29-30-37-19-27(41(30)16-11-35-29)23-3-6-28(44-2)26(33)18-23)4-5-25(21)32(43)40-12-7-22(8-13-40)31(42)36-10-15-39-14-9-34-20-39/h3-6,9,11,14,16-20,22H,7-8,10,12-13,15H2,1-2H3,(H,35,38)(H,36,42). The Hall–Kier alpha value is -5.26. The number of carbonyl (C=O) groups excluding carboxylic acids is 2. The summed E-state index contributed by atoms with van der Waals surface area (Å²) in [4.78, 5) is 40.8. The maximum absolute atomic E-state index is 14.4. The van der Waals surface area contributed by atoms with Crippen molar-refractivity contribution in [3.8, 4) is 17.0 Å². The molecule has 1 fully saturated rings. The third kappa shape index (κ3) is 5.96. The molecule has 0 atom stereocenters. The van der Waals surface area contributed by atoms with E-state index in [1.54, 1.807) is 43.2 Å². The number of carbonyl (C=O) groups is 2. The fourth-order valence-corrected chi connectivity index (χ4v) is 5.55. The largest absolute Gasteiger partial charge is 0.494 e. The molecule has 2 amide bonds. The number of aromatic nitrogens is 5. The molecule has 6 rings (SSSR count). The van der Waals surface area contributed by atoms with Gasteiger partial charge in [0, 0.05) is 73.7 Å². The highest BCUT2D eigenvalue weighted by atomic mass is 19.1. The summed E-state index contributed by atoms with van der Waals surface area (Å²) in [6, 6.07) is 10.3. The Bertz CT molecular complexity index is 1790. The van der Waals surface area contributed by atoms with Crippen molar-refractivity contribution in [3.05, 3.63) is 90.7 Å². The first-order valence-electron chi connectivity index (χ1n) is 14.5. The molecular weight excluding hydrogens is 563 g/mol. The second-order valence-electron chi connectivity index (χ2n) is 10.8. The molecule has 44 heavy (non-hydrogen) atoms. The molecule has 0 radical (unpaired) electrons. The second kappa shape index (κ2) is 12.5. The molecule has 2 aromatic carbocycles. The molecule has 0 unspecified atom stereocenters. The average Bonchev–Trinajstić information content (AvgIpc) is 3.72. The van der Waals surface area contributed by atoms with Gasteiger partial charge in [0.1, 0.15) is 0 Å². The van der Waals surface area contributed by atoms with Gasteiger partial charge in [0.15, 0.2) is 23.0 Å². The number of nitrogens with one attached hydrogen (secondary N) is 2. The average molecular weight is 597 g/mol. The number of rotatable bonds is 9. The maximum Gasteiger partial charge on any atom is 0.254 e. The zero-order valence-electron chi connectivity index (χ0n) is 24.5. The van der Waals surface area contributed by atoms with Crippen LogP contribution in [0.1, 0.15) is 28.8 Å². The molecule has 12 heteroatoms. The van der Waals surface area contributed by atoms with Crippen LogP contribution >= 0.6 is 0 Å². The van der Waals surface area contributed by atoms with Gasteiger partial charge in [-0.15, -0.1) is 0 Å². The van der Waals surface area contributed by atoms with Crippen LogP contribution in [0.3, 0.4) is 0 Å². The summed E-state index contributed by atoms with van der Waals surface area (Å²) in [7, 11) is 1.43. The monoisotopic (exact) mass is 596 g/mol. The van der Waals surface area contributed by atoms with Crippen molar-refractivity contribution in [2.75, 3.05) is 32.1 Å². The molecule has 0 bridgehead atoms. The van der Waals surface area contributed by atoms with Gasteiger partial charge in [0.05, 0.1) is 25.3 Å². The number of hydrogen-bond acceptors (Lipinski definition) is 7. The lowest BCUT2D eigenvalue weighted by molar-refractivity contribution is -0.126. The van der Waals surface area contributed by atoms with E-state index in [0.29, 0.717) is 67.3 Å². The highest BCUT2D eigenvalue weighted by Crippen LogP contribution is 2.29. The smallest absolute Gasteiger partial charge is 0.254 e. The summed E-state index contributed by atoms with van der Waals surface area (Å²) in [6.07, 6.45) is 11.7. The van der Waals surface area contributed by atoms with Gasteiger partial charge in [0.25, 0.3) is 5.91 Å². The summed E-state index contributed by atoms with van der Waals surface area (Å²) < 4.78 is 23.2. The Morgan fingerprint density at radius 1 is 1.07 bits per heavy atom. The van der Waals surface area contributed by atoms with Crippen LogP contribution in [0.15, 0.2) is 73.7 Å². The number of methoxy groups -OCH3 is 1. The Balaban J connectivity index is 1.08. The van der Waals surface area contributed by atoms with Gasteiger partial charge in [-0.2, -0.15) is 0 Å². The van der Waals surface area contributed by atoms with Gasteiger partial charge in [-0.25, -0.2) is 19.3 Å². The fraction of sp³-hybridized carbons (Fsp3) is 0.281. The van der Waals surface area contributed by atoms with Gasteiger partial charge in [-0.3, -0.25) is 14.0 Å². The summed E-state index contributed by atoms with van der Waals surface area (Å²) in [6.45, 7) is 4.18. The number of benzene rings is 2. The zero-order chi connectivity index (χ0) is 30.6. The summed E-state index contributed by atoms with van der Waals surface area (Å²) in [5.74, 6) is 0.137. The highest BCUT2D eigenvalue weighted by Gasteiger charge is 2.28. The number of piperidine rings is 1. The van der Waals surface area contributed by atoms with Crippen molar-refractivity contribution in [2.24, 2.45) is 5.92 Å². The molecule has 0 saturated carbocycles. The molecule has 3 aromatic heterocycles. The quantitative estimate of drug-likeness (QED) is 0.258. The number of nitrogens with zero attached hydrogens (tertiary/aromatic N) is 6. The van der Waals surface area contributed by atoms with Crippen LogP contribution in [0.5, 0.6) is 5.75 Å². The minimum absolute atomic E-state index is 0.0354. The van der Waals surface area contributed by atoms with Crippen LogP contribution in [-0.2, 0) is 11.3 Å². The van der Waals surface area contributed by atoms with Crippen molar-refractivity contribution < 1.29 is 18.7 Å². The van der Waals surface area contributed by atoms with Gasteiger partial charge in [-0.1, -0.05) is 0 Å². The van der Waals surface area contributed by atoms with Gasteiger partial charge >= 0.3 is 0 Å². The molecule has 4 heterocycles. The molecule has 0 spiro atoms. The first kappa shape index (κ1) is 28.8. The lowest BCUT2D eigenvalue weighted by Crippen LogP contribution is -2.43. The summed E-state index contributed by atoms with van der Waals surface area (Å²) in [5, 5.41) is 6.31. The maximum atomic E-state index is 14.4. The van der Waals surface area contributed by atoms with Crippen LogP contribution in [-0.4, -0.2) is 67.4 Å². The van der Waals surface area contributed by atoms with Crippen LogP contribution < -0.4 is 15.4 Å². The number of imidazole rings is 2. The van der Waals surface area contributed by atoms with Crippen molar-refractivity contribution in [1.82, 2.24) is 34.1 Å². The van der Waals surface area contributed by atoms with Gasteiger partial charge in [0.2, 0.25) is 5.91 Å². The second-order valence-corrected chi connectivity index (χ2v) is 10.8. The number of amides is 2. The number of fused-ring (bicyclic) bond motifs is 1. The van der Waals surface area contributed by atoms with E-state index >= 15 is 0 Å². The number of ether oxygens (including phenoxy) is 1. The Kier molecular flexibility index (Phi) is 8.22. The van der Waals surface area contributed by atoms with Crippen molar-refractivity contribution >= 4 is 29.0 Å². The predicted octanol–water partition coefficient (Wildman–Crippen LogP) is 4.46. The van der Waals surface area contributed by atoms with E-state index in [0.717, 1.165) is 11.3 Å². The number of halogens is 1. The molecular formula is C32H33FN8O3. The molecule has 1 saturated heterocycles. The van der Waals surface area contributed by atoms with Crippen LogP contribution in [0.25, 0.3) is 16.9 Å². The zero-order valence-corrected chi connectivity index (χ0v) is 24.5. The van der Waals surface area contributed by atoms with Crippen LogP contribution in [0, 0.1) is 18.7 Å². The SMILES string of the molecule is COc1ccc(-c2cnc3c(Nc4ccc(C(=O)N5CCC(C(=O)NCCn6ccnc6)CC5)c(C)c4)nccn23)cc1F. The van der Waals surface area contributed by atoms with E-state index in [4.69, 9.17) is 4.74 Å². The van der Waals surface area contributed by atoms with E-state index in [1.165, 1.54) is 13.2 Å². The van der Waals surface area contributed by atoms with Crippen molar-refractivity contribution in [2.45, 2.75) is 26.3 Å². The van der Waals surface area contributed by atoms with E-state index in [2.05, 4.69) is 25.6 Å². The van der Waals surface area contributed by atoms with Gasteiger partial charge in [-0.05, 0) is 61.7 Å². The van der Waals surface area contributed by atoms with E-state index in [-0.39, 0.29) is 23.5 Å². The Labute approximate surface area is 253 Å². The summed E-state index contributed by atoms with van der Waals surface area (Å²) in [5.41, 5.74) is 4.14. The Morgan fingerprint density at radius 3 is 2.64 bits per heavy atom. The van der Waals surface area contributed by atoms with E-state index < -0.39 is 5.82 Å². The summed E-state index contributed by atoms with van der Waals surface area (Å²) >= 11 is 0. The number of likely N-dealkylation sites (tertiary alicyclic amines) is 1. The first-order chi connectivity index (χ1) is 21.4. The molecule has 226 valence electrons. The van der Waals surface area contributed by atoms with E-state index in [9.17, 15) is 14.0 Å². The van der Waals surface area contributed by atoms with Gasteiger partial charge < -0.3 is 24.8 Å².